The highest BCUT2D eigenvalue weighted by Gasteiger charge is 2.11. The highest BCUT2D eigenvalue weighted by molar-refractivity contribution is 6.04. The summed E-state index contributed by atoms with van der Waals surface area (Å²) in [4.78, 5) is 28.7. The second-order valence-corrected chi connectivity index (χ2v) is 5.74. The smallest absolute Gasteiger partial charge is 0.256 e. The number of ether oxygens (including phenoxy) is 1. The van der Waals surface area contributed by atoms with Crippen LogP contribution in [0.3, 0.4) is 0 Å². The second-order valence-electron chi connectivity index (χ2n) is 5.74. The largest absolute Gasteiger partial charge is 0.496 e. The lowest BCUT2D eigenvalue weighted by molar-refractivity contribution is 0.0949. The Morgan fingerprint density at radius 2 is 1.67 bits per heavy atom. The van der Waals surface area contributed by atoms with Crippen LogP contribution < -0.4 is 15.4 Å². The molecule has 6 heteroatoms. The summed E-state index contributed by atoms with van der Waals surface area (Å²) in [7, 11) is 1.59. The molecule has 2 amide bonds. The Balaban J connectivity index is 1.66. The Hall–Kier alpha value is -3.67. The van der Waals surface area contributed by atoms with Crippen molar-refractivity contribution in [1.29, 1.82) is 0 Å². The summed E-state index contributed by atoms with van der Waals surface area (Å²) in [6, 6.07) is 19.4. The number of nitrogens with one attached hydrogen (secondary N) is 2. The number of pyridine rings is 1. The summed E-state index contributed by atoms with van der Waals surface area (Å²) >= 11 is 0. The zero-order valence-electron chi connectivity index (χ0n) is 14.8. The number of nitrogens with zero attached hydrogens (tertiary/aromatic N) is 1. The number of aromatic nitrogens is 1. The molecule has 0 atom stereocenters. The zero-order valence-corrected chi connectivity index (χ0v) is 14.8. The average Bonchev–Trinajstić information content (AvgIpc) is 2.73. The van der Waals surface area contributed by atoms with Gasteiger partial charge in [-0.05, 0) is 30.3 Å². The molecular formula is C21H19N3O3. The Kier molecular flexibility index (Phi) is 5.79. The van der Waals surface area contributed by atoms with Gasteiger partial charge in [-0.2, -0.15) is 0 Å². The minimum Gasteiger partial charge on any atom is -0.496 e. The summed E-state index contributed by atoms with van der Waals surface area (Å²) in [5, 5.41) is 5.54. The topological polar surface area (TPSA) is 80.3 Å². The maximum Gasteiger partial charge on any atom is 0.256 e. The molecule has 0 unspecified atom stereocenters. The number of methoxy groups -OCH3 is 1. The quantitative estimate of drug-likeness (QED) is 0.706. The lowest BCUT2D eigenvalue weighted by atomic mass is 10.2. The van der Waals surface area contributed by atoms with Gasteiger partial charge in [0.15, 0.2) is 0 Å². The number of carbonyl (C=O) groups excluding carboxylic acids is 2. The predicted octanol–water partition coefficient (Wildman–Crippen LogP) is 3.27. The lowest BCUT2D eigenvalue weighted by Gasteiger charge is -2.10. The van der Waals surface area contributed by atoms with Crippen molar-refractivity contribution >= 4 is 17.6 Å². The molecular weight excluding hydrogens is 342 g/mol. The Morgan fingerprint density at radius 1 is 0.926 bits per heavy atom. The molecule has 0 saturated heterocycles. The molecule has 27 heavy (non-hydrogen) atoms. The van der Waals surface area contributed by atoms with Crippen molar-refractivity contribution in [2.45, 2.75) is 6.54 Å². The number of hydrogen-bond donors (Lipinski definition) is 2. The molecule has 0 aliphatic rings. The van der Waals surface area contributed by atoms with Crippen molar-refractivity contribution in [2.75, 3.05) is 12.4 Å². The Bertz CT molecular complexity index is 942. The third-order valence-electron chi connectivity index (χ3n) is 3.93. The van der Waals surface area contributed by atoms with Crippen LogP contribution in [0.1, 0.15) is 26.3 Å². The van der Waals surface area contributed by atoms with Crippen molar-refractivity contribution in [2.24, 2.45) is 0 Å². The van der Waals surface area contributed by atoms with E-state index in [0.717, 1.165) is 5.56 Å². The number of rotatable bonds is 6. The number of anilines is 1. The molecule has 0 fully saturated rings. The molecule has 2 N–H and O–H groups in total. The van der Waals surface area contributed by atoms with Gasteiger partial charge >= 0.3 is 0 Å². The monoisotopic (exact) mass is 361 g/mol. The van der Waals surface area contributed by atoms with Gasteiger partial charge in [0.1, 0.15) is 11.6 Å². The van der Waals surface area contributed by atoms with Gasteiger partial charge in [0, 0.05) is 29.4 Å². The number of amides is 2. The molecule has 136 valence electrons. The van der Waals surface area contributed by atoms with E-state index in [9.17, 15) is 9.59 Å². The van der Waals surface area contributed by atoms with E-state index in [1.807, 2.05) is 30.3 Å². The Morgan fingerprint density at radius 3 is 2.44 bits per heavy atom. The Labute approximate surface area is 157 Å². The fourth-order valence-electron chi connectivity index (χ4n) is 2.54. The van der Waals surface area contributed by atoms with Crippen LogP contribution in [0.25, 0.3) is 0 Å². The third-order valence-corrected chi connectivity index (χ3v) is 3.93. The molecule has 1 heterocycles. The van der Waals surface area contributed by atoms with E-state index in [4.69, 9.17) is 4.74 Å². The van der Waals surface area contributed by atoms with Gasteiger partial charge in [0.2, 0.25) is 0 Å². The van der Waals surface area contributed by atoms with Gasteiger partial charge < -0.3 is 15.4 Å². The van der Waals surface area contributed by atoms with E-state index in [1.165, 1.54) is 6.20 Å². The molecule has 0 bridgehead atoms. The van der Waals surface area contributed by atoms with Crippen LogP contribution in [0, 0.1) is 0 Å². The molecule has 0 aliphatic carbocycles. The zero-order chi connectivity index (χ0) is 19.1. The molecule has 0 spiro atoms. The molecule has 2 aromatic carbocycles. The van der Waals surface area contributed by atoms with E-state index < -0.39 is 0 Å². The summed E-state index contributed by atoms with van der Waals surface area (Å²) in [6.45, 7) is 0.330. The van der Waals surface area contributed by atoms with Crippen LogP contribution >= 0.6 is 0 Å². The van der Waals surface area contributed by atoms with Crippen LogP contribution in [0.2, 0.25) is 0 Å². The van der Waals surface area contributed by atoms with Crippen molar-refractivity contribution in [3.63, 3.8) is 0 Å². The standard InChI is InChI=1S/C21H19N3O3/c1-27-18-10-6-5-9-17(18)14-23-20(25)16-11-12-22-19(13-16)24-21(26)15-7-3-2-4-8-15/h2-13H,14H2,1H3,(H,23,25)(H,22,24,26). The minimum atomic E-state index is -0.283. The highest BCUT2D eigenvalue weighted by Crippen LogP contribution is 2.17. The molecule has 0 radical (unpaired) electrons. The number of para-hydroxylation sites is 1. The normalized spacial score (nSPS) is 10.1. The van der Waals surface area contributed by atoms with Crippen LogP contribution in [0.15, 0.2) is 72.9 Å². The van der Waals surface area contributed by atoms with Crippen molar-refractivity contribution in [1.82, 2.24) is 10.3 Å². The highest BCUT2D eigenvalue weighted by atomic mass is 16.5. The molecule has 3 rings (SSSR count). The first-order valence-corrected chi connectivity index (χ1v) is 8.40. The van der Waals surface area contributed by atoms with Crippen molar-refractivity contribution in [3.05, 3.63) is 89.6 Å². The van der Waals surface area contributed by atoms with Gasteiger partial charge in [-0.15, -0.1) is 0 Å². The summed E-state index contributed by atoms with van der Waals surface area (Å²) in [5.41, 5.74) is 1.80. The molecule has 1 aromatic heterocycles. The first kappa shape index (κ1) is 18.1. The van der Waals surface area contributed by atoms with E-state index in [1.54, 1.807) is 43.5 Å². The number of hydrogen-bond acceptors (Lipinski definition) is 4. The number of carbonyl (C=O) groups is 2. The van der Waals surface area contributed by atoms with Crippen LogP contribution in [-0.2, 0) is 6.54 Å². The summed E-state index contributed by atoms with van der Waals surface area (Å²) in [6.07, 6.45) is 1.48. The first-order valence-electron chi connectivity index (χ1n) is 8.40. The summed E-state index contributed by atoms with van der Waals surface area (Å²) in [5.74, 6) is 0.477. The predicted molar refractivity (Wildman–Crippen MR) is 103 cm³/mol. The molecule has 3 aromatic rings. The second kappa shape index (κ2) is 8.62. The van der Waals surface area contributed by atoms with Crippen molar-refractivity contribution in [3.8, 4) is 5.75 Å². The SMILES string of the molecule is COc1ccccc1CNC(=O)c1ccnc(NC(=O)c2ccccc2)c1. The van der Waals surface area contributed by atoms with E-state index in [0.29, 0.717) is 29.2 Å². The maximum absolute atomic E-state index is 12.4. The van der Waals surface area contributed by atoms with E-state index in [2.05, 4.69) is 15.6 Å². The van der Waals surface area contributed by atoms with E-state index in [-0.39, 0.29) is 11.8 Å². The van der Waals surface area contributed by atoms with Crippen LogP contribution in [-0.4, -0.2) is 23.9 Å². The van der Waals surface area contributed by atoms with Crippen molar-refractivity contribution < 1.29 is 14.3 Å². The maximum atomic E-state index is 12.4. The summed E-state index contributed by atoms with van der Waals surface area (Å²) < 4.78 is 5.28. The fraction of sp³-hybridized carbons (Fsp3) is 0.0952. The van der Waals surface area contributed by atoms with E-state index >= 15 is 0 Å². The fourth-order valence-corrected chi connectivity index (χ4v) is 2.54. The van der Waals surface area contributed by atoms with Gasteiger partial charge in [0.25, 0.3) is 11.8 Å². The average molecular weight is 361 g/mol. The van der Waals surface area contributed by atoms with Gasteiger partial charge in [-0.1, -0.05) is 36.4 Å². The third kappa shape index (κ3) is 4.70. The van der Waals surface area contributed by atoms with Gasteiger partial charge in [-0.25, -0.2) is 4.98 Å². The first-order chi connectivity index (χ1) is 13.2. The molecule has 0 saturated carbocycles. The van der Waals surface area contributed by atoms with Gasteiger partial charge in [-0.3, -0.25) is 9.59 Å². The van der Waals surface area contributed by atoms with Gasteiger partial charge in [0.05, 0.1) is 7.11 Å². The molecule has 0 aliphatic heterocycles. The minimum absolute atomic E-state index is 0.265. The lowest BCUT2D eigenvalue weighted by Crippen LogP contribution is -2.23. The molecule has 6 nitrogen and oxygen atoms in total. The number of benzene rings is 2. The van der Waals surface area contributed by atoms with Crippen LogP contribution in [0.4, 0.5) is 5.82 Å². The van der Waals surface area contributed by atoms with Crippen LogP contribution in [0.5, 0.6) is 5.75 Å².